The molecule has 2 N–H and O–H groups in total. The fourth-order valence-corrected chi connectivity index (χ4v) is 1.67. The van der Waals surface area contributed by atoms with Crippen molar-refractivity contribution in [3.63, 3.8) is 0 Å². The molecule has 2 aromatic rings. The fourth-order valence-electron chi connectivity index (χ4n) is 1.67. The number of rotatable bonds is 4. The van der Waals surface area contributed by atoms with Gasteiger partial charge in [-0.05, 0) is 13.8 Å². The van der Waals surface area contributed by atoms with Crippen LogP contribution in [0.25, 0.3) is 0 Å². The van der Waals surface area contributed by atoms with E-state index in [1.807, 2.05) is 4.68 Å². The standard InChI is InChI=1S/C11H16N6/c1-8(2)17-11(15-7-16-17)3-10(12)9-4-13-6-14-5-9/h4-8,10H,3,12H2,1-2H3. The van der Waals surface area contributed by atoms with Crippen LogP contribution in [0.1, 0.15) is 37.3 Å². The molecule has 0 aliphatic carbocycles. The Morgan fingerprint density at radius 2 is 1.94 bits per heavy atom. The predicted molar refractivity (Wildman–Crippen MR) is 63.1 cm³/mol. The third-order valence-electron chi connectivity index (χ3n) is 2.55. The van der Waals surface area contributed by atoms with Gasteiger partial charge in [-0.3, -0.25) is 0 Å². The van der Waals surface area contributed by atoms with Crippen LogP contribution in [0.4, 0.5) is 0 Å². The molecule has 0 saturated carbocycles. The van der Waals surface area contributed by atoms with Gasteiger partial charge in [0, 0.05) is 36.5 Å². The van der Waals surface area contributed by atoms with E-state index in [0.29, 0.717) is 6.42 Å². The van der Waals surface area contributed by atoms with Crippen molar-refractivity contribution in [1.82, 2.24) is 24.7 Å². The van der Waals surface area contributed by atoms with Crippen molar-refractivity contribution in [1.29, 1.82) is 0 Å². The number of aromatic nitrogens is 5. The summed E-state index contributed by atoms with van der Waals surface area (Å²) in [5, 5.41) is 4.18. The van der Waals surface area contributed by atoms with Crippen LogP contribution < -0.4 is 5.73 Å². The Bertz CT molecular complexity index is 464. The summed E-state index contributed by atoms with van der Waals surface area (Å²) in [6.45, 7) is 4.13. The van der Waals surface area contributed by atoms with Crippen molar-refractivity contribution in [2.24, 2.45) is 5.73 Å². The summed E-state index contributed by atoms with van der Waals surface area (Å²) in [6, 6.07) is 0.129. The summed E-state index contributed by atoms with van der Waals surface area (Å²) in [6.07, 6.45) is 7.14. The van der Waals surface area contributed by atoms with E-state index in [-0.39, 0.29) is 12.1 Å². The summed E-state index contributed by atoms with van der Waals surface area (Å²) >= 11 is 0. The molecule has 6 nitrogen and oxygen atoms in total. The third-order valence-corrected chi connectivity index (χ3v) is 2.55. The largest absolute Gasteiger partial charge is 0.323 e. The number of hydrogen-bond donors (Lipinski definition) is 1. The molecule has 2 heterocycles. The van der Waals surface area contributed by atoms with Crippen molar-refractivity contribution in [2.75, 3.05) is 0 Å². The molecule has 0 amide bonds. The normalized spacial score (nSPS) is 12.9. The van der Waals surface area contributed by atoms with E-state index in [1.165, 1.54) is 6.33 Å². The zero-order chi connectivity index (χ0) is 12.3. The molecule has 0 saturated heterocycles. The van der Waals surface area contributed by atoms with Gasteiger partial charge in [-0.25, -0.2) is 19.6 Å². The molecule has 0 spiro atoms. The smallest absolute Gasteiger partial charge is 0.138 e. The molecule has 0 aliphatic rings. The second-order valence-corrected chi connectivity index (χ2v) is 4.20. The lowest BCUT2D eigenvalue weighted by Gasteiger charge is -2.13. The average Bonchev–Trinajstić information content (AvgIpc) is 2.78. The Balaban J connectivity index is 2.13. The third kappa shape index (κ3) is 2.65. The summed E-state index contributed by atoms with van der Waals surface area (Å²) in [5.74, 6) is 0.886. The molecule has 0 fully saturated rings. The lowest BCUT2D eigenvalue weighted by Crippen LogP contribution is -2.18. The van der Waals surface area contributed by atoms with Crippen LogP contribution in [0, 0.1) is 0 Å². The SMILES string of the molecule is CC(C)n1ncnc1CC(N)c1cncnc1. The molecule has 2 aromatic heterocycles. The molecular formula is C11H16N6. The van der Waals surface area contributed by atoms with Crippen LogP contribution in [0.3, 0.4) is 0 Å². The summed E-state index contributed by atoms with van der Waals surface area (Å²) in [7, 11) is 0. The van der Waals surface area contributed by atoms with E-state index in [1.54, 1.807) is 18.7 Å². The molecule has 0 radical (unpaired) electrons. The van der Waals surface area contributed by atoms with Crippen molar-refractivity contribution in [3.05, 3.63) is 36.4 Å². The molecule has 0 aromatic carbocycles. The maximum absolute atomic E-state index is 6.09. The minimum Gasteiger partial charge on any atom is -0.323 e. The van der Waals surface area contributed by atoms with E-state index in [4.69, 9.17) is 5.73 Å². The first-order chi connectivity index (χ1) is 8.18. The minimum atomic E-state index is -0.155. The second kappa shape index (κ2) is 5.01. The second-order valence-electron chi connectivity index (χ2n) is 4.20. The molecule has 1 atom stereocenters. The molecule has 17 heavy (non-hydrogen) atoms. The van der Waals surface area contributed by atoms with E-state index in [2.05, 4.69) is 33.9 Å². The van der Waals surface area contributed by atoms with E-state index in [0.717, 1.165) is 11.4 Å². The van der Waals surface area contributed by atoms with Gasteiger partial charge in [0.25, 0.3) is 0 Å². The highest BCUT2D eigenvalue weighted by atomic mass is 15.3. The van der Waals surface area contributed by atoms with E-state index in [9.17, 15) is 0 Å². The highest BCUT2D eigenvalue weighted by Crippen LogP contribution is 2.14. The Labute approximate surface area is 99.9 Å². The predicted octanol–water partition coefficient (Wildman–Crippen LogP) is 0.891. The van der Waals surface area contributed by atoms with Gasteiger partial charge in [-0.1, -0.05) is 0 Å². The molecule has 6 heteroatoms. The molecule has 1 unspecified atom stereocenters. The van der Waals surface area contributed by atoms with Crippen molar-refractivity contribution in [3.8, 4) is 0 Å². The number of nitrogens with two attached hydrogens (primary N) is 1. The zero-order valence-electron chi connectivity index (χ0n) is 9.98. The molecule has 90 valence electrons. The Hall–Kier alpha value is -1.82. The number of hydrogen-bond acceptors (Lipinski definition) is 5. The molecular weight excluding hydrogens is 216 g/mol. The quantitative estimate of drug-likeness (QED) is 0.846. The summed E-state index contributed by atoms with van der Waals surface area (Å²) in [5.41, 5.74) is 7.00. The van der Waals surface area contributed by atoms with Crippen LogP contribution in [0.2, 0.25) is 0 Å². The van der Waals surface area contributed by atoms with Crippen molar-refractivity contribution >= 4 is 0 Å². The van der Waals surface area contributed by atoms with Gasteiger partial charge in [0.2, 0.25) is 0 Å². The number of nitrogens with zero attached hydrogens (tertiary/aromatic N) is 5. The maximum Gasteiger partial charge on any atom is 0.138 e. The first kappa shape index (κ1) is 11.7. The first-order valence-electron chi connectivity index (χ1n) is 5.57. The minimum absolute atomic E-state index is 0.155. The van der Waals surface area contributed by atoms with Crippen LogP contribution in [0.5, 0.6) is 0 Å². The summed E-state index contributed by atoms with van der Waals surface area (Å²) in [4.78, 5) is 12.2. The Kier molecular flexibility index (Phi) is 3.43. The topological polar surface area (TPSA) is 82.5 Å². The highest BCUT2D eigenvalue weighted by molar-refractivity contribution is 5.10. The lowest BCUT2D eigenvalue weighted by atomic mass is 10.1. The van der Waals surface area contributed by atoms with Crippen molar-refractivity contribution in [2.45, 2.75) is 32.4 Å². The van der Waals surface area contributed by atoms with Gasteiger partial charge in [-0.15, -0.1) is 0 Å². The zero-order valence-corrected chi connectivity index (χ0v) is 9.98. The fraction of sp³-hybridized carbons (Fsp3) is 0.455. The first-order valence-corrected chi connectivity index (χ1v) is 5.57. The lowest BCUT2D eigenvalue weighted by molar-refractivity contribution is 0.493. The van der Waals surface area contributed by atoms with Crippen LogP contribution >= 0.6 is 0 Å². The van der Waals surface area contributed by atoms with Gasteiger partial charge in [0.1, 0.15) is 18.5 Å². The van der Waals surface area contributed by atoms with Gasteiger partial charge < -0.3 is 5.73 Å². The van der Waals surface area contributed by atoms with Crippen LogP contribution in [-0.2, 0) is 6.42 Å². The van der Waals surface area contributed by atoms with Gasteiger partial charge in [0.05, 0.1) is 0 Å². The monoisotopic (exact) mass is 232 g/mol. The molecule has 0 aliphatic heterocycles. The van der Waals surface area contributed by atoms with Gasteiger partial charge in [-0.2, -0.15) is 5.10 Å². The Morgan fingerprint density at radius 3 is 2.59 bits per heavy atom. The van der Waals surface area contributed by atoms with Gasteiger partial charge >= 0.3 is 0 Å². The Morgan fingerprint density at radius 1 is 1.24 bits per heavy atom. The highest BCUT2D eigenvalue weighted by Gasteiger charge is 2.13. The molecule has 2 rings (SSSR count). The summed E-state index contributed by atoms with van der Waals surface area (Å²) < 4.78 is 1.88. The van der Waals surface area contributed by atoms with E-state index >= 15 is 0 Å². The van der Waals surface area contributed by atoms with Crippen LogP contribution in [0.15, 0.2) is 25.0 Å². The maximum atomic E-state index is 6.09. The van der Waals surface area contributed by atoms with Crippen LogP contribution in [-0.4, -0.2) is 24.7 Å². The van der Waals surface area contributed by atoms with Crippen molar-refractivity contribution < 1.29 is 0 Å². The molecule has 0 bridgehead atoms. The van der Waals surface area contributed by atoms with Gasteiger partial charge in [0.15, 0.2) is 0 Å². The average molecular weight is 232 g/mol. The van der Waals surface area contributed by atoms with E-state index < -0.39 is 0 Å².